The second-order valence-corrected chi connectivity index (χ2v) is 12.2. The van der Waals surface area contributed by atoms with Gasteiger partial charge in [0.15, 0.2) is 0 Å². The summed E-state index contributed by atoms with van der Waals surface area (Å²) in [4.78, 5) is 15.8. The third-order valence-electron chi connectivity index (χ3n) is 6.52. The number of halogens is 3. The Balaban J connectivity index is 1.69. The summed E-state index contributed by atoms with van der Waals surface area (Å²) in [5.41, 5.74) is 3.20. The summed E-state index contributed by atoms with van der Waals surface area (Å²) >= 11 is 18.4. The lowest BCUT2D eigenvalue weighted by atomic mass is 9.96. The maximum absolute atomic E-state index is 14.1. The predicted octanol–water partition coefficient (Wildman–Crippen LogP) is 7.47. The molecule has 198 valence electrons. The van der Waals surface area contributed by atoms with Gasteiger partial charge in [-0.25, -0.2) is 13.1 Å². The van der Waals surface area contributed by atoms with E-state index in [2.05, 4.69) is 4.72 Å². The molecule has 1 fully saturated rings. The highest BCUT2D eigenvalue weighted by Gasteiger charge is 2.47. The molecule has 39 heavy (non-hydrogen) atoms. The van der Waals surface area contributed by atoms with Crippen molar-refractivity contribution in [2.24, 2.45) is 0 Å². The van der Waals surface area contributed by atoms with Gasteiger partial charge in [0.25, 0.3) is 5.91 Å². The van der Waals surface area contributed by atoms with Crippen LogP contribution in [0, 0.1) is 6.92 Å². The highest BCUT2D eigenvalue weighted by atomic mass is 35.5. The molecule has 0 unspecified atom stereocenters. The number of nitrogens with zero attached hydrogens (tertiary/aromatic N) is 1. The number of rotatable bonds is 6. The number of aryl methyl sites for hydroxylation is 1. The first kappa shape index (κ1) is 27.4. The van der Waals surface area contributed by atoms with Crippen LogP contribution in [0.5, 0.6) is 0 Å². The van der Waals surface area contributed by atoms with E-state index in [1.54, 1.807) is 108 Å². The summed E-state index contributed by atoms with van der Waals surface area (Å²) < 4.78 is 30.1. The monoisotopic (exact) mass is 596 g/mol. The van der Waals surface area contributed by atoms with Crippen molar-refractivity contribution in [3.05, 3.63) is 134 Å². The van der Waals surface area contributed by atoms with Crippen molar-refractivity contribution in [3.8, 4) is 0 Å². The highest BCUT2D eigenvalue weighted by Crippen LogP contribution is 2.42. The van der Waals surface area contributed by atoms with Crippen molar-refractivity contribution in [2.45, 2.75) is 23.9 Å². The number of carbonyl (C=O) groups excluding carboxylic acids is 1. The average molecular weight is 598 g/mol. The molecule has 0 bridgehead atoms. The average Bonchev–Trinajstić information content (AvgIpc) is 3.17. The number of sulfonamides is 1. The lowest BCUT2D eigenvalue weighted by molar-refractivity contribution is -0.114. The van der Waals surface area contributed by atoms with Crippen LogP contribution in [0.3, 0.4) is 0 Å². The Morgan fingerprint density at radius 1 is 0.744 bits per heavy atom. The van der Waals surface area contributed by atoms with E-state index in [4.69, 9.17) is 34.8 Å². The van der Waals surface area contributed by atoms with Crippen LogP contribution < -0.4 is 9.62 Å². The van der Waals surface area contributed by atoms with Crippen LogP contribution in [0.15, 0.2) is 108 Å². The molecule has 0 radical (unpaired) electrons. The molecule has 0 aliphatic carbocycles. The zero-order chi connectivity index (χ0) is 27.7. The highest BCUT2D eigenvalue weighted by molar-refractivity contribution is 7.89. The molecule has 4 aromatic carbocycles. The van der Waals surface area contributed by atoms with Crippen LogP contribution in [0.2, 0.25) is 15.1 Å². The molecule has 5 nitrogen and oxygen atoms in total. The van der Waals surface area contributed by atoms with E-state index in [1.165, 1.54) is 0 Å². The van der Waals surface area contributed by atoms with Gasteiger partial charge in [-0.15, -0.1) is 0 Å². The van der Waals surface area contributed by atoms with Crippen LogP contribution >= 0.6 is 34.8 Å². The van der Waals surface area contributed by atoms with Gasteiger partial charge in [-0.05, 0) is 84.8 Å². The Morgan fingerprint density at radius 3 is 1.82 bits per heavy atom. The van der Waals surface area contributed by atoms with E-state index in [9.17, 15) is 13.2 Å². The van der Waals surface area contributed by atoms with Gasteiger partial charge in [-0.2, -0.15) is 0 Å². The van der Waals surface area contributed by atoms with E-state index in [0.29, 0.717) is 31.9 Å². The van der Waals surface area contributed by atoms with Crippen LogP contribution in [0.25, 0.3) is 6.08 Å². The lowest BCUT2D eigenvalue weighted by Crippen LogP contribution is -2.40. The summed E-state index contributed by atoms with van der Waals surface area (Å²) in [5, 5.41) is 1.59. The second kappa shape index (κ2) is 11.2. The fourth-order valence-electron chi connectivity index (χ4n) is 4.57. The Kier molecular flexibility index (Phi) is 7.85. The molecular weight excluding hydrogens is 575 g/mol. The first-order chi connectivity index (χ1) is 18.6. The van der Waals surface area contributed by atoms with Crippen LogP contribution in [0.4, 0.5) is 5.69 Å². The zero-order valence-electron chi connectivity index (χ0n) is 20.7. The van der Waals surface area contributed by atoms with Crippen LogP contribution in [-0.2, 0) is 14.8 Å². The predicted molar refractivity (Wildman–Crippen MR) is 158 cm³/mol. The number of anilines is 1. The van der Waals surface area contributed by atoms with Crippen molar-refractivity contribution in [1.82, 2.24) is 4.72 Å². The molecule has 1 aliphatic heterocycles. The summed E-state index contributed by atoms with van der Waals surface area (Å²) in [6.07, 6.45) is 1.69. The molecule has 4 aromatic rings. The maximum atomic E-state index is 14.1. The first-order valence-corrected chi connectivity index (χ1v) is 14.6. The molecule has 1 heterocycles. The van der Waals surface area contributed by atoms with Crippen molar-refractivity contribution >= 4 is 62.5 Å². The molecule has 1 aliphatic rings. The van der Waals surface area contributed by atoms with Crippen molar-refractivity contribution in [3.63, 3.8) is 0 Å². The summed E-state index contributed by atoms with van der Waals surface area (Å²) in [6, 6.07) is 25.8. The van der Waals surface area contributed by atoms with Crippen molar-refractivity contribution in [2.75, 3.05) is 4.90 Å². The van der Waals surface area contributed by atoms with Crippen LogP contribution in [-0.4, -0.2) is 20.4 Å². The third kappa shape index (κ3) is 5.91. The molecule has 0 saturated carbocycles. The molecule has 1 amide bonds. The maximum Gasteiger partial charge on any atom is 0.256 e. The first-order valence-electron chi connectivity index (χ1n) is 12.0. The molecule has 1 N–H and O–H groups in total. The largest absolute Gasteiger partial charge is 0.299 e. The van der Waals surface area contributed by atoms with E-state index in [1.807, 2.05) is 6.92 Å². The summed E-state index contributed by atoms with van der Waals surface area (Å²) in [6.45, 7) is 1.88. The topological polar surface area (TPSA) is 66.5 Å². The van der Waals surface area contributed by atoms with Gasteiger partial charge in [0, 0.05) is 26.3 Å². The Morgan fingerprint density at radius 2 is 1.26 bits per heavy atom. The smallest absolute Gasteiger partial charge is 0.256 e. The van der Waals surface area contributed by atoms with Gasteiger partial charge in [-0.3, -0.25) is 9.69 Å². The quantitative estimate of drug-likeness (QED) is 0.235. The fraction of sp³-hybridized carbons (Fsp3) is 0.100. The SMILES string of the molecule is Cc1ccc(S(=O)(=O)N[C@H]2/C(=C\c3ccc(Cl)cc3)C(=O)N(c3ccc(Cl)cc3)[C@@H]2c2ccc(Cl)cc2)cc1. The van der Waals surface area contributed by atoms with Gasteiger partial charge < -0.3 is 0 Å². The van der Waals surface area contributed by atoms with Gasteiger partial charge in [0.2, 0.25) is 10.0 Å². The van der Waals surface area contributed by atoms with E-state index in [-0.39, 0.29) is 16.4 Å². The van der Waals surface area contributed by atoms with Crippen molar-refractivity contribution < 1.29 is 13.2 Å². The molecule has 1 saturated heterocycles. The number of hydrogen-bond acceptors (Lipinski definition) is 3. The molecule has 9 heteroatoms. The zero-order valence-corrected chi connectivity index (χ0v) is 23.8. The number of nitrogens with one attached hydrogen (secondary N) is 1. The molecule has 0 spiro atoms. The van der Waals surface area contributed by atoms with Gasteiger partial charge in [0.1, 0.15) is 0 Å². The van der Waals surface area contributed by atoms with Gasteiger partial charge >= 0.3 is 0 Å². The van der Waals surface area contributed by atoms with E-state index >= 15 is 0 Å². The molecule has 5 rings (SSSR count). The second-order valence-electron chi connectivity index (χ2n) is 9.21. The summed E-state index contributed by atoms with van der Waals surface area (Å²) in [7, 11) is -4.02. The molecule has 2 atom stereocenters. The van der Waals surface area contributed by atoms with Gasteiger partial charge in [-0.1, -0.05) is 76.8 Å². The summed E-state index contributed by atoms with van der Waals surface area (Å²) in [5.74, 6) is -0.344. The fourth-order valence-corrected chi connectivity index (χ4v) is 6.17. The minimum atomic E-state index is -4.02. The Bertz CT molecular complexity index is 1640. The van der Waals surface area contributed by atoms with E-state index < -0.39 is 22.1 Å². The van der Waals surface area contributed by atoms with E-state index in [0.717, 1.165) is 5.56 Å². The minimum absolute atomic E-state index is 0.103. The number of carbonyl (C=O) groups is 1. The Labute approximate surface area is 242 Å². The number of hydrogen-bond donors (Lipinski definition) is 1. The standard InChI is InChI=1S/C30H23Cl3N2O3S/c1-19-2-16-26(17-3-19)39(37,38)34-28-27(18-20-4-8-22(31)9-5-20)30(36)35(25-14-12-24(33)13-15-25)29(28)21-6-10-23(32)11-7-21/h2-18,28-29,34H,1H3/b27-18+/t28-,29+/m0/s1. The number of benzene rings is 4. The number of amides is 1. The van der Waals surface area contributed by atoms with Crippen LogP contribution in [0.1, 0.15) is 22.7 Å². The third-order valence-corrected chi connectivity index (χ3v) is 8.73. The minimum Gasteiger partial charge on any atom is -0.299 e. The normalized spacial score (nSPS) is 18.6. The molecular formula is C30H23Cl3N2O3S. The lowest BCUT2D eigenvalue weighted by Gasteiger charge is -2.29. The Hall–Kier alpha value is -3.13. The van der Waals surface area contributed by atoms with Gasteiger partial charge in [0.05, 0.1) is 17.0 Å². The molecule has 0 aromatic heterocycles. The van der Waals surface area contributed by atoms with Crippen molar-refractivity contribution in [1.29, 1.82) is 0 Å².